The van der Waals surface area contributed by atoms with Gasteiger partial charge in [0.05, 0.1) is 17.7 Å². The smallest absolute Gasteiger partial charge is 0.264 e. The molecule has 0 heterocycles. The largest absolute Gasteiger partial charge is 0.497 e. The molecule has 242 valence electrons. The van der Waals surface area contributed by atoms with E-state index in [9.17, 15) is 18.0 Å². The van der Waals surface area contributed by atoms with Crippen LogP contribution >= 0.6 is 11.6 Å². The number of halogens is 1. The molecule has 4 aromatic carbocycles. The third-order valence-electron chi connectivity index (χ3n) is 7.74. The zero-order valence-corrected chi connectivity index (χ0v) is 27.9. The Kier molecular flexibility index (Phi) is 12.2. The number of hydrogen-bond acceptors (Lipinski definition) is 5. The molecule has 0 bridgehead atoms. The first-order valence-electron chi connectivity index (χ1n) is 15.2. The van der Waals surface area contributed by atoms with E-state index in [4.69, 9.17) is 16.3 Å². The number of hydrogen-bond donors (Lipinski definition) is 1. The van der Waals surface area contributed by atoms with Crippen LogP contribution in [0.5, 0.6) is 5.75 Å². The van der Waals surface area contributed by atoms with E-state index in [0.29, 0.717) is 17.3 Å². The van der Waals surface area contributed by atoms with Gasteiger partial charge in [-0.1, -0.05) is 79.5 Å². The van der Waals surface area contributed by atoms with Crippen LogP contribution < -0.4 is 14.4 Å². The summed E-state index contributed by atoms with van der Waals surface area (Å²) in [6.45, 7) is 4.02. The Balaban J connectivity index is 1.79. The molecule has 0 fully saturated rings. The molecule has 0 saturated heterocycles. The molecule has 0 radical (unpaired) electrons. The van der Waals surface area contributed by atoms with E-state index >= 15 is 0 Å². The lowest BCUT2D eigenvalue weighted by molar-refractivity contribution is -0.140. The van der Waals surface area contributed by atoms with Crippen LogP contribution in [0, 0.1) is 6.92 Å². The molecular weight excluding hydrogens is 622 g/mol. The molecule has 0 aliphatic carbocycles. The van der Waals surface area contributed by atoms with Gasteiger partial charge in [0, 0.05) is 24.5 Å². The Hall–Kier alpha value is -4.34. The van der Waals surface area contributed by atoms with Crippen molar-refractivity contribution in [1.82, 2.24) is 10.2 Å². The maximum absolute atomic E-state index is 14.5. The van der Waals surface area contributed by atoms with E-state index in [1.54, 1.807) is 36.4 Å². The number of nitrogens with zero attached hydrogens (tertiary/aromatic N) is 2. The van der Waals surface area contributed by atoms with Gasteiger partial charge in [-0.25, -0.2) is 8.42 Å². The van der Waals surface area contributed by atoms with Crippen molar-refractivity contribution in [3.8, 4) is 5.75 Å². The molecule has 4 aromatic rings. The number of anilines is 1. The summed E-state index contributed by atoms with van der Waals surface area (Å²) in [5.74, 6) is -0.326. The molecule has 1 N–H and O–H groups in total. The topological polar surface area (TPSA) is 96.0 Å². The van der Waals surface area contributed by atoms with E-state index in [1.165, 1.54) is 24.1 Å². The van der Waals surface area contributed by atoms with Gasteiger partial charge in [-0.05, 0) is 78.6 Å². The number of rotatable bonds is 15. The fraction of sp³-hybridized carbons (Fsp3) is 0.278. The number of carbonyl (C=O) groups excluding carboxylic acids is 2. The summed E-state index contributed by atoms with van der Waals surface area (Å²) in [7, 11) is -2.74. The van der Waals surface area contributed by atoms with E-state index in [-0.39, 0.29) is 29.5 Å². The van der Waals surface area contributed by atoms with E-state index in [1.807, 2.05) is 68.4 Å². The van der Waals surface area contributed by atoms with Gasteiger partial charge in [-0.3, -0.25) is 13.9 Å². The molecule has 0 aliphatic heterocycles. The van der Waals surface area contributed by atoms with Crippen molar-refractivity contribution >= 4 is 39.1 Å². The van der Waals surface area contributed by atoms with Crippen LogP contribution in [0.4, 0.5) is 5.69 Å². The fourth-order valence-corrected chi connectivity index (χ4v) is 6.58. The van der Waals surface area contributed by atoms with Gasteiger partial charge in [0.2, 0.25) is 11.8 Å². The highest BCUT2D eigenvalue weighted by Crippen LogP contribution is 2.27. The fourth-order valence-electron chi connectivity index (χ4n) is 5.04. The zero-order chi connectivity index (χ0) is 33.1. The number of methoxy groups -OCH3 is 1. The monoisotopic (exact) mass is 661 g/mol. The summed E-state index contributed by atoms with van der Waals surface area (Å²) >= 11 is 6.15. The second-order valence-electron chi connectivity index (χ2n) is 11.0. The minimum atomic E-state index is -4.24. The maximum Gasteiger partial charge on any atom is 0.264 e. The number of amides is 2. The minimum absolute atomic E-state index is 0.0142. The molecule has 1 atom stereocenters. The number of ether oxygens (including phenoxy) is 1. The van der Waals surface area contributed by atoms with Crippen molar-refractivity contribution in [1.29, 1.82) is 0 Å². The average molecular weight is 662 g/mol. The summed E-state index contributed by atoms with van der Waals surface area (Å²) in [5.41, 5.74) is 2.94. The molecule has 2 amide bonds. The third-order valence-corrected chi connectivity index (χ3v) is 9.78. The van der Waals surface area contributed by atoms with Crippen molar-refractivity contribution < 1.29 is 22.7 Å². The van der Waals surface area contributed by atoms with Crippen LogP contribution in [0.2, 0.25) is 5.02 Å². The average Bonchev–Trinajstić information content (AvgIpc) is 3.07. The highest BCUT2D eigenvalue weighted by atomic mass is 35.5. The summed E-state index contributed by atoms with van der Waals surface area (Å²) < 4.78 is 34.6. The highest BCUT2D eigenvalue weighted by Gasteiger charge is 2.34. The lowest BCUT2D eigenvalue weighted by Gasteiger charge is -2.34. The SMILES string of the molecule is CCCCNC(=O)C(Cc1ccccc1)N(Cc1ccccc1C)C(=O)CN(c1ccc(Cl)cc1)S(=O)(=O)c1ccc(OC)cc1. The van der Waals surface area contributed by atoms with Crippen LogP contribution in [-0.4, -0.2) is 51.4 Å². The van der Waals surface area contributed by atoms with Gasteiger partial charge in [0.25, 0.3) is 10.0 Å². The van der Waals surface area contributed by atoms with E-state index in [2.05, 4.69) is 5.32 Å². The summed E-state index contributed by atoms with van der Waals surface area (Å²) in [6.07, 6.45) is 1.94. The number of sulfonamides is 1. The Morgan fingerprint density at radius 1 is 0.891 bits per heavy atom. The molecule has 0 aromatic heterocycles. The number of carbonyl (C=O) groups is 2. The Labute approximate surface area is 277 Å². The van der Waals surface area contributed by atoms with E-state index < -0.39 is 28.5 Å². The number of unbranched alkanes of at least 4 members (excludes halogenated alkanes) is 1. The van der Waals surface area contributed by atoms with Gasteiger partial charge < -0.3 is 15.0 Å². The molecule has 0 aliphatic rings. The van der Waals surface area contributed by atoms with Crippen LogP contribution in [0.3, 0.4) is 0 Å². The molecule has 0 saturated carbocycles. The standard InChI is InChI=1S/C36H40ClN3O5S/c1-4-5-23-38-36(42)34(24-28-12-7-6-8-13-28)39(25-29-14-10-9-11-27(29)2)35(41)26-40(31-17-15-30(37)16-18-31)46(43,44)33-21-19-32(45-3)20-22-33/h6-22,34H,4-5,23-26H2,1-3H3,(H,38,42). The Morgan fingerprint density at radius 2 is 1.54 bits per heavy atom. The lowest BCUT2D eigenvalue weighted by atomic mass is 10.0. The summed E-state index contributed by atoms with van der Waals surface area (Å²) in [6, 6.07) is 28.5. The van der Waals surface area contributed by atoms with Gasteiger partial charge in [-0.15, -0.1) is 0 Å². The van der Waals surface area contributed by atoms with Gasteiger partial charge in [0.15, 0.2) is 0 Å². The first-order valence-corrected chi connectivity index (χ1v) is 17.0. The molecule has 8 nitrogen and oxygen atoms in total. The molecule has 1 unspecified atom stereocenters. The van der Waals surface area contributed by atoms with Crippen molar-refractivity contribution in [2.75, 3.05) is 24.5 Å². The van der Waals surface area contributed by atoms with Gasteiger partial charge >= 0.3 is 0 Å². The number of nitrogens with one attached hydrogen (secondary N) is 1. The zero-order valence-electron chi connectivity index (χ0n) is 26.4. The normalized spacial score (nSPS) is 11.8. The molecule has 10 heteroatoms. The first kappa shape index (κ1) is 34.5. The third kappa shape index (κ3) is 8.89. The minimum Gasteiger partial charge on any atom is -0.497 e. The van der Waals surface area contributed by atoms with Crippen LogP contribution in [0.25, 0.3) is 0 Å². The molecular formula is C36H40ClN3O5S. The number of aryl methyl sites for hydroxylation is 1. The van der Waals surface area contributed by atoms with Crippen molar-refractivity contribution in [2.45, 2.75) is 50.6 Å². The summed E-state index contributed by atoms with van der Waals surface area (Å²) in [5, 5.41) is 3.43. The van der Waals surface area contributed by atoms with Crippen molar-refractivity contribution in [2.24, 2.45) is 0 Å². The van der Waals surface area contributed by atoms with Crippen molar-refractivity contribution in [3.05, 3.63) is 125 Å². The maximum atomic E-state index is 14.5. The Bertz CT molecular complexity index is 1700. The van der Waals surface area contributed by atoms with Gasteiger partial charge in [0.1, 0.15) is 18.3 Å². The second-order valence-corrected chi connectivity index (χ2v) is 13.3. The van der Waals surface area contributed by atoms with Crippen molar-refractivity contribution in [3.63, 3.8) is 0 Å². The Morgan fingerprint density at radius 3 is 2.17 bits per heavy atom. The molecule has 46 heavy (non-hydrogen) atoms. The number of benzene rings is 4. The predicted octanol–water partition coefficient (Wildman–Crippen LogP) is 6.41. The van der Waals surface area contributed by atoms with E-state index in [0.717, 1.165) is 33.8 Å². The quantitative estimate of drug-likeness (QED) is 0.149. The van der Waals surface area contributed by atoms with Crippen LogP contribution in [-0.2, 0) is 32.6 Å². The van der Waals surface area contributed by atoms with Crippen LogP contribution in [0.1, 0.15) is 36.5 Å². The van der Waals surface area contributed by atoms with Gasteiger partial charge in [-0.2, -0.15) is 0 Å². The lowest BCUT2D eigenvalue weighted by Crippen LogP contribution is -2.53. The second kappa shape index (κ2) is 16.3. The van der Waals surface area contributed by atoms with Crippen LogP contribution in [0.15, 0.2) is 108 Å². The summed E-state index contributed by atoms with van der Waals surface area (Å²) in [4.78, 5) is 29.9. The molecule has 0 spiro atoms. The predicted molar refractivity (Wildman–Crippen MR) is 183 cm³/mol. The molecule has 4 rings (SSSR count). The highest BCUT2D eigenvalue weighted by molar-refractivity contribution is 7.92. The first-order chi connectivity index (χ1) is 22.1.